The average Bonchev–Trinajstić information content (AvgIpc) is 2.47. The fourth-order valence-electron chi connectivity index (χ4n) is 2.64. The Morgan fingerprint density at radius 2 is 2.14 bits per heavy atom. The molecule has 0 aromatic heterocycles. The molecule has 0 aliphatic carbocycles. The highest BCUT2D eigenvalue weighted by atomic mass is 35.5. The summed E-state index contributed by atoms with van der Waals surface area (Å²) in [6.07, 6.45) is 1.81. The lowest BCUT2D eigenvalue weighted by molar-refractivity contribution is -0.385. The number of nitrogens with one attached hydrogen (secondary N) is 1. The van der Waals surface area contributed by atoms with Gasteiger partial charge < -0.3 is 10.2 Å². The summed E-state index contributed by atoms with van der Waals surface area (Å²) in [5, 5.41) is 14.5. The van der Waals surface area contributed by atoms with E-state index in [-0.39, 0.29) is 17.2 Å². The van der Waals surface area contributed by atoms with Crippen molar-refractivity contribution < 1.29 is 9.72 Å². The number of benzene rings is 1. The molecule has 0 bridgehead atoms. The second kappa shape index (κ2) is 6.87. The molecule has 7 heteroatoms. The molecule has 21 heavy (non-hydrogen) atoms. The topological polar surface area (TPSA) is 75.5 Å². The first-order chi connectivity index (χ1) is 10.0. The van der Waals surface area contributed by atoms with E-state index in [2.05, 4.69) is 5.32 Å². The summed E-state index contributed by atoms with van der Waals surface area (Å²) < 4.78 is 0. The van der Waals surface area contributed by atoms with E-state index in [1.165, 1.54) is 18.2 Å². The Balaban J connectivity index is 2.14. The number of hydrogen-bond acceptors (Lipinski definition) is 4. The highest BCUT2D eigenvalue weighted by Crippen LogP contribution is 2.26. The summed E-state index contributed by atoms with van der Waals surface area (Å²) in [7, 11) is 1.91. The van der Waals surface area contributed by atoms with E-state index < -0.39 is 4.92 Å². The molecule has 1 fully saturated rings. The minimum Gasteiger partial charge on any atom is -0.338 e. The molecule has 1 amide bonds. The SMILES string of the molecule is CNCC1CCN(C(=O)c2cc(Cl)ccc2[N+](=O)[O-])CC1. The minimum atomic E-state index is -0.544. The van der Waals surface area contributed by atoms with Gasteiger partial charge in [0.1, 0.15) is 5.56 Å². The zero-order valence-electron chi connectivity index (χ0n) is 11.8. The van der Waals surface area contributed by atoms with Crippen LogP contribution >= 0.6 is 11.6 Å². The maximum Gasteiger partial charge on any atom is 0.282 e. The first-order valence-electron chi connectivity index (χ1n) is 6.90. The summed E-state index contributed by atoms with van der Waals surface area (Å²) in [6, 6.07) is 4.08. The van der Waals surface area contributed by atoms with E-state index in [1.54, 1.807) is 4.90 Å². The maximum atomic E-state index is 12.5. The lowest BCUT2D eigenvalue weighted by atomic mass is 9.96. The average molecular weight is 312 g/mol. The molecule has 0 unspecified atom stereocenters. The third kappa shape index (κ3) is 3.71. The molecule has 0 atom stereocenters. The molecule has 0 radical (unpaired) electrons. The van der Waals surface area contributed by atoms with Gasteiger partial charge >= 0.3 is 0 Å². The fraction of sp³-hybridized carbons (Fsp3) is 0.500. The first-order valence-corrected chi connectivity index (χ1v) is 7.28. The summed E-state index contributed by atoms with van der Waals surface area (Å²) in [6.45, 7) is 2.17. The van der Waals surface area contributed by atoms with Gasteiger partial charge in [-0.05, 0) is 44.5 Å². The van der Waals surface area contributed by atoms with E-state index in [4.69, 9.17) is 11.6 Å². The minimum absolute atomic E-state index is 0.0690. The van der Waals surface area contributed by atoms with Crippen LogP contribution in [0.5, 0.6) is 0 Å². The van der Waals surface area contributed by atoms with Crippen molar-refractivity contribution in [2.75, 3.05) is 26.7 Å². The molecule has 1 heterocycles. The van der Waals surface area contributed by atoms with Gasteiger partial charge in [-0.3, -0.25) is 14.9 Å². The van der Waals surface area contributed by atoms with Gasteiger partial charge in [0.25, 0.3) is 11.6 Å². The van der Waals surface area contributed by atoms with E-state index >= 15 is 0 Å². The second-order valence-electron chi connectivity index (χ2n) is 5.21. The number of amides is 1. The van der Waals surface area contributed by atoms with Crippen molar-refractivity contribution in [2.24, 2.45) is 5.92 Å². The van der Waals surface area contributed by atoms with Gasteiger partial charge in [0.05, 0.1) is 4.92 Å². The van der Waals surface area contributed by atoms with Crippen molar-refractivity contribution in [1.82, 2.24) is 10.2 Å². The zero-order chi connectivity index (χ0) is 15.4. The van der Waals surface area contributed by atoms with Crippen LogP contribution in [-0.4, -0.2) is 42.4 Å². The van der Waals surface area contributed by atoms with Crippen LogP contribution in [-0.2, 0) is 0 Å². The van der Waals surface area contributed by atoms with Crippen molar-refractivity contribution in [2.45, 2.75) is 12.8 Å². The van der Waals surface area contributed by atoms with Crippen molar-refractivity contribution in [1.29, 1.82) is 0 Å². The van der Waals surface area contributed by atoms with Gasteiger partial charge in [0.15, 0.2) is 0 Å². The number of piperidine rings is 1. The third-order valence-corrected chi connectivity index (χ3v) is 4.02. The monoisotopic (exact) mass is 311 g/mol. The molecule has 1 aromatic rings. The zero-order valence-corrected chi connectivity index (χ0v) is 12.6. The Morgan fingerprint density at radius 3 is 2.71 bits per heavy atom. The smallest absolute Gasteiger partial charge is 0.282 e. The maximum absolute atomic E-state index is 12.5. The molecule has 1 saturated heterocycles. The molecule has 114 valence electrons. The first kappa shape index (κ1) is 15.7. The van der Waals surface area contributed by atoms with E-state index in [1.807, 2.05) is 7.05 Å². The molecule has 2 rings (SSSR count). The highest BCUT2D eigenvalue weighted by Gasteiger charge is 2.28. The van der Waals surface area contributed by atoms with Gasteiger partial charge in [-0.25, -0.2) is 0 Å². The molecule has 1 N–H and O–H groups in total. The number of carbonyl (C=O) groups excluding carboxylic acids is 1. The quantitative estimate of drug-likeness (QED) is 0.684. The lowest BCUT2D eigenvalue weighted by Crippen LogP contribution is -2.40. The number of nitro benzene ring substituents is 1. The van der Waals surface area contributed by atoms with Gasteiger partial charge in [-0.2, -0.15) is 0 Å². The molecular weight excluding hydrogens is 294 g/mol. The third-order valence-electron chi connectivity index (χ3n) is 3.78. The summed E-state index contributed by atoms with van der Waals surface area (Å²) in [4.78, 5) is 24.7. The van der Waals surface area contributed by atoms with Crippen LogP contribution in [0.25, 0.3) is 0 Å². The molecule has 0 spiro atoms. The highest BCUT2D eigenvalue weighted by molar-refractivity contribution is 6.31. The van der Waals surface area contributed by atoms with Gasteiger partial charge in [-0.15, -0.1) is 0 Å². The number of nitro groups is 1. The Hall–Kier alpha value is -1.66. The number of nitrogens with zero attached hydrogens (tertiary/aromatic N) is 2. The van der Waals surface area contributed by atoms with Gasteiger partial charge in [-0.1, -0.05) is 11.6 Å². The van der Waals surface area contributed by atoms with Crippen LogP contribution in [0.2, 0.25) is 5.02 Å². The van der Waals surface area contributed by atoms with E-state index in [0.29, 0.717) is 24.0 Å². The standard InChI is InChI=1S/C14H18ClN3O3/c1-16-9-10-4-6-17(7-5-10)14(19)12-8-11(15)2-3-13(12)18(20)21/h2-3,8,10,16H,4-7,9H2,1H3. The molecule has 6 nitrogen and oxygen atoms in total. The number of rotatable bonds is 4. The van der Waals surface area contributed by atoms with E-state index in [0.717, 1.165) is 19.4 Å². The Labute approximate surface area is 128 Å². The predicted octanol–water partition coefficient (Wildman–Crippen LogP) is 2.32. The van der Waals surface area contributed by atoms with Gasteiger partial charge in [0, 0.05) is 24.2 Å². The van der Waals surface area contributed by atoms with Crippen molar-refractivity contribution in [3.63, 3.8) is 0 Å². The number of likely N-dealkylation sites (tertiary alicyclic amines) is 1. The fourth-order valence-corrected chi connectivity index (χ4v) is 2.81. The van der Waals surface area contributed by atoms with Crippen LogP contribution < -0.4 is 5.32 Å². The Morgan fingerprint density at radius 1 is 1.48 bits per heavy atom. The summed E-state index contributed by atoms with van der Waals surface area (Å²) >= 11 is 5.87. The van der Waals surface area contributed by atoms with Crippen LogP contribution in [0, 0.1) is 16.0 Å². The van der Waals surface area contributed by atoms with Crippen molar-refractivity contribution in [3.8, 4) is 0 Å². The van der Waals surface area contributed by atoms with Gasteiger partial charge in [0.2, 0.25) is 0 Å². The van der Waals surface area contributed by atoms with Crippen LogP contribution in [0.1, 0.15) is 23.2 Å². The number of halogens is 1. The number of carbonyl (C=O) groups is 1. The molecular formula is C14H18ClN3O3. The molecule has 1 aliphatic rings. The number of hydrogen-bond donors (Lipinski definition) is 1. The van der Waals surface area contributed by atoms with Crippen LogP contribution in [0.3, 0.4) is 0 Å². The van der Waals surface area contributed by atoms with E-state index in [9.17, 15) is 14.9 Å². The normalized spacial score (nSPS) is 16.0. The Bertz CT molecular complexity index is 542. The summed E-state index contributed by atoms with van der Waals surface area (Å²) in [5.41, 5.74) is -0.124. The molecule has 1 aliphatic heterocycles. The largest absolute Gasteiger partial charge is 0.338 e. The second-order valence-corrected chi connectivity index (χ2v) is 5.65. The summed E-state index contributed by atoms with van der Waals surface area (Å²) in [5.74, 6) is 0.237. The van der Waals surface area contributed by atoms with Crippen molar-refractivity contribution >= 4 is 23.2 Å². The van der Waals surface area contributed by atoms with Crippen LogP contribution in [0.15, 0.2) is 18.2 Å². The van der Waals surface area contributed by atoms with Crippen molar-refractivity contribution in [3.05, 3.63) is 38.9 Å². The molecule has 1 aromatic carbocycles. The predicted molar refractivity (Wildman–Crippen MR) is 80.7 cm³/mol. The molecule has 0 saturated carbocycles. The van der Waals surface area contributed by atoms with Crippen LogP contribution in [0.4, 0.5) is 5.69 Å². The Kier molecular flexibility index (Phi) is 5.14. The lowest BCUT2D eigenvalue weighted by Gasteiger charge is -2.31.